The number of carbonyl (C=O) groups excluding carboxylic acids is 1. The number of aliphatic hydroxyl groups is 1. The molecule has 1 aliphatic heterocycles. The Balaban J connectivity index is 1.26. The molecule has 6 rings (SSSR count). The summed E-state index contributed by atoms with van der Waals surface area (Å²) in [6.07, 6.45) is 10.6. The number of nitrogens with zero attached hydrogens (tertiary/aromatic N) is 5. The normalized spacial score (nSPS) is 16.9. The van der Waals surface area contributed by atoms with E-state index in [2.05, 4.69) is 31.7 Å². The number of hydrogen-bond acceptors (Lipinski definition) is 6. The third-order valence-electron chi connectivity index (χ3n) is 7.07. The van der Waals surface area contributed by atoms with Crippen LogP contribution in [0.5, 0.6) is 0 Å². The number of piperidine rings is 1. The van der Waals surface area contributed by atoms with Gasteiger partial charge in [0.15, 0.2) is 0 Å². The quantitative estimate of drug-likeness (QED) is 0.398. The maximum atomic E-state index is 13.3. The third-order valence-corrected chi connectivity index (χ3v) is 7.07. The lowest BCUT2D eigenvalue weighted by atomic mass is 10.0. The van der Waals surface area contributed by atoms with Gasteiger partial charge in [-0.1, -0.05) is 0 Å². The van der Waals surface area contributed by atoms with Gasteiger partial charge in [-0.25, -0.2) is 4.98 Å². The molecule has 1 aromatic carbocycles. The molecule has 2 fully saturated rings. The van der Waals surface area contributed by atoms with Crippen molar-refractivity contribution >= 4 is 33.8 Å². The number of nitrogens with one attached hydrogen (secondary N) is 2. The lowest BCUT2D eigenvalue weighted by molar-refractivity contribution is 0.102. The van der Waals surface area contributed by atoms with E-state index in [0.29, 0.717) is 34.0 Å². The van der Waals surface area contributed by atoms with Crippen LogP contribution in [0, 0.1) is 6.92 Å². The average molecular weight is 474 g/mol. The molecule has 0 radical (unpaired) electrons. The SMILES string of the molecule is Cc1cn2cc(NC(=O)c3ccc(N4CCC(NC5CC5)CC4)c4cn(C)nc34)cc(CO)c2n1. The number of benzene rings is 1. The van der Waals surface area contributed by atoms with Gasteiger partial charge in [-0.15, -0.1) is 0 Å². The molecular formula is C26H31N7O2. The molecule has 9 heteroatoms. The first-order valence-electron chi connectivity index (χ1n) is 12.4. The first-order valence-corrected chi connectivity index (χ1v) is 12.4. The van der Waals surface area contributed by atoms with Gasteiger partial charge >= 0.3 is 0 Å². The summed E-state index contributed by atoms with van der Waals surface area (Å²) >= 11 is 0. The number of aromatic nitrogens is 4. The zero-order valence-corrected chi connectivity index (χ0v) is 20.2. The lowest BCUT2D eigenvalue weighted by Crippen LogP contribution is -2.43. The van der Waals surface area contributed by atoms with E-state index in [-0.39, 0.29) is 12.5 Å². The number of rotatable bonds is 6. The number of anilines is 2. The van der Waals surface area contributed by atoms with E-state index >= 15 is 0 Å². The van der Waals surface area contributed by atoms with Crippen molar-refractivity contribution in [2.75, 3.05) is 23.3 Å². The van der Waals surface area contributed by atoms with E-state index in [1.54, 1.807) is 10.7 Å². The van der Waals surface area contributed by atoms with Gasteiger partial charge in [0.25, 0.3) is 5.91 Å². The van der Waals surface area contributed by atoms with E-state index in [9.17, 15) is 9.90 Å². The Bertz CT molecular complexity index is 1410. The van der Waals surface area contributed by atoms with Crippen LogP contribution in [0.15, 0.2) is 36.8 Å². The number of amides is 1. The smallest absolute Gasteiger partial charge is 0.257 e. The predicted octanol–water partition coefficient (Wildman–Crippen LogP) is 2.99. The van der Waals surface area contributed by atoms with Crippen LogP contribution in [0.1, 0.15) is 47.3 Å². The number of fused-ring (bicyclic) bond motifs is 2. The van der Waals surface area contributed by atoms with E-state index in [4.69, 9.17) is 0 Å². The van der Waals surface area contributed by atoms with Gasteiger partial charge in [-0.3, -0.25) is 9.48 Å². The summed E-state index contributed by atoms with van der Waals surface area (Å²) < 4.78 is 3.61. The Labute approximate surface area is 203 Å². The molecule has 182 valence electrons. The Morgan fingerprint density at radius 1 is 1.11 bits per heavy atom. The van der Waals surface area contributed by atoms with Crippen molar-refractivity contribution in [1.82, 2.24) is 24.5 Å². The molecule has 35 heavy (non-hydrogen) atoms. The topological polar surface area (TPSA) is 99.7 Å². The van der Waals surface area contributed by atoms with Gasteiger partial charge in [0.2, 0.25) is 0 Å². The summed E-state index contributed by atoms with van der Waals surface area (Å²) in [5.41, 5.74) is 5.16. The molecule has 0 bridgehead atoms. The van der Waals surface area contributed by atoms with Crippen molar-refractivity contribution in [3.63, 3.8) is 0 Å². The van der Waals surface area contributed by atoms with Crippen LogP contribution in [0.3, 0.4) is 0 Å². The standard InChI is InChI=1S/C26H31N7O2/c1-16-12-33-13-20(11-17(15-34)25(33)27-16)29-26(35)21-5-6-23(22-14-31(2)30-24(21)22)32-9-7-19(8-10-32)28-18-3-4-18/h5-6,11-14,18-19,28,34H,3-4,7-10,15H2,1-2H3,(H,29,35). The van der Waals surface area contributed by atoms with Crippen LogP contribution in [0.4, 0.5) is 11.4 Å². The summed E-state index contributed by atoms with van der Waals surface area (Å²) in [5.74, 6) is -0.229. The molecular weight excluding hydrogens is 442 g/mol. The van der Waals surface area contributed by atoms with Crippen molar-refractivity contribution in [3.05, 3.63) is 53.6 Å². The lowest BCUT2D eigenvalue weighted by Gasteiger charge is -2.34. The maximum Gasteiger partial charge on any atom is 0.257 e. The fourth-order valence-corrected chi connectivity index (χ4v) is 5.21. The number of aryl methyl sites for hydroxylation is 2. The van der Waals surface area contributed by atoms with Crippen LogP contribution < -0.4 is 15.5 Å². The zero-order valence-electron chi connectivity index (χ0n) is 20.2. The fraction of sp³-hybridized carbons (Fsp3) is 0.423. The molecule has 0 spiro atoms. The van der Waals surface area contributed by atoms with Crippen molar-refractivity contribution in [1.29, 1.82) is 0 Å². The second kappa shape index (κ2) is 8.66. The zero-order chi connectivity index (χ0) is 24.1. The van der Waals surface area contributed by atoms with Gasteiger partial charge in [0, 0.05) is 67.4 Å². The highest BCUT2D eigenvalue weighted by Gasteiger charge is 2.28. The number of imidazole rings is 1. The summed E-state index contributed by atoms with van der Waals surface area (Å²) in [6, 6.07) is 7.04. The van der Waals surface area contributed by atoms with Gasteiger partial charge in [-0.2, -0.15) is 5.10 Å². The molecule has 3 aromatic heterocycles. The van der Waals surface area contributed by atoms with Crippen LogP contribution in [0.2, 0.25) is 0 Å². The predicted molar refractivity (Wildman–Crippen MR) is 136 cm³/mol. The molecule has 0 unspecified atom stereocenters. The molecule has 1 aliphatic carbocycles. The van der Waals surface area contributed by atoms with Crippen LogP contribution >= 0.6 is 0 Å². The first-order chi connectivity index (χ1) is 17.0. The molecule has 1 saturated carbocycles. The fourth-order valence-electron chi connectivity index (χ4n) is 5.21. The van der Waals surface area contributed by atoms with Gasteiger partial charge in [0.1, 0.15) is 11.2 Å². The number of pyridine rings is 1. The highest BCUT2D eigenvalue weighted by molar-refractivity contribution is 6.14. The number of hydrogen-bond donors (Lipinski definition) is 3. The molecule has 0 atom stereocenters. The van der Waals surface area contributed by atoms with Crippen molar-refractivity contribution in [2.45, 2.75) is 51.3 Å². The summed E-state index contributed by atoms with van der Waals surface area (Å²) in [4.78, 5) is 20.2. The molecule has 3 N–H and O–H groups in total. The van der Waals surface area contributed by atoms with Crippen molar-refractivity contribution < 1.29 is 9.90 Å². The molecule has 9 nitrogen and oxygen atoms in total. The van der Waals surface area contributed by atoms with Crippen LogP contribution in [-0.2, 0) is 13.7 Å². The Kier molecular flexibility index (Phi) is 5.46. The minimum absolute atomic E-state index is 0.157. The monoisotopic (exact) mass is 473 g/mol. The van der Waals surface area contributed by atoms with Crippen LogP contribution in [0.25, 0.3) is 16.6 Å². The molecule has 1 amide bonds. The highest BCUT2D eigenvalue weighted by atomic mass is 16.3. The van der Waals surface area contributed by atoms with Crippen molar-refractivity contribution in [3.8, 4) is 0 Å². The van der Waals surface area contributed by atoms with Crippen LogP contribution in [-0.4, -0.2) is 55.4 Å². The van der Waals surface area contributed by atoms with E-state index in [0.717, 1.165) is 48.7 Å². The third kappa shape index (κ3) is 4.26. The summed E-state index contributed by atoms with van der Waals surface area (Å²) in [5, 5.41) is 22.2. The maximum absolute atomic E-state index is 13.3. The minimum Gasteiger partial charge on any atom is -0.392 e. The molecule has 2 aliphatic rings. The first kappa shape index (κ1) is 22.1. The minimum atomic E-state index is -0.229. The second-order valence-corrected chi connectivity index (χ2v) is 9.88. The molecule has 1 saturated heterocycles. The van der Waals surface area contributed by atoms with Gasteiger partial charge in [-0.05, 0) is 50.8 Å². The number of aliphatic hydroxyl groups excluding tert-OH is 1. The van der Waals surface area contributed by atoms with Crippen molar-refractivity contribution in [2.24, 2.45) is 7.05 Å². The molecule has 4 aromatic rings. The number of carbonyl (C=O) groups is 1. The molecule has 4 heterocycles. The van der Waals surface area contributed by atoms with E-state index < -0.39 is 0 Å². The Morgan fingerprint density at radius 3 is 2.63 bits per heavy atom. The van der Waals surface area contributed by atoms with E-state index in [1.807, 2.05) is 43.0 Å². The van der Waals surface area contributed by atoms with Gasteiger partial charge in [0.05, 0.1) is 23.6 Å². The summed E-state index contributed by atoms with van der Waals surface area (Å²) in [7, 11) is 1.89. The summed E-state index contributed by atoms with van der Waals surface area (Å²) in [6.45, 7) is 3.73. The highest BCUT2D eigenvalue weighted by Crippen LogP contribution is 2.32. The van der Waals surface area contributed by atoms with E-state index in [1.165, 1.54) is 12.8 Å². The average Bonchev–Trinajstić information content (AvgIpc) is 3.44. The second-order valence-electron chi connectivity index (χ2n) is 9.88. The Morgan fingerprint density at radius 2 is 1.89 bits per heavy atom. The Hall–Kier alpha value is -3.43. The largest absolute Gasteiger partial charge is 0.392 e. The van der Waals surface area contributed by atoms with Gasteiger partial charge < -0.3 is 25.0 Å².